The van der Waals surface area contributed by atoms with Gasteiger partial charge in [0.05, 0.1) is 6.26 Å². The van der Waals surface area contributed by atoms with Gasteiger partial charge in [-0.05, 0) is 43.2 Å². The first-order valence-electron chi connectivity index (χ1n) is 9.37. The Balaban J connectivity index is 1.34. The molecular weight excluding hydrogens is 332 g/mol. The third-order valence-electron chi connectivity index (χ3n) is 6.05. The van der Waals surface area contributed by atoms with Gasteiger partial charge in [-0.2, -0.15) is 5.10 Å². The number of nitrogens with one attached hydrogen (secondary N) is 1. The van der Waals surface area contributed by atoms with Crippen LogP contribution in [-0.4, -0.2) is 57.5 Å². The first kappa shape index (κ1) is 15.7. The van der Waals surface area contributed by atoms with Gasteiger partial charge in [-0.3, -0.25) is 14.7 Å². The lowest BCUT2D eigenvalue weighted by Crippen LogP contribution is -2.61. The van der Waals surface area contributed by atoms with Crippen LogP contribution < -0.4 is 0 Å². The molecule has 3 saturated heterocycles. The highest BCUT2D eigenvalue weighted by atomic mass is 16.3. The van der Waals surface area contributed by atoms with Crippen molar-refractivity contribution in [3.8, 4) is 11.5 Å². The van der Waals surface area contributed by atoms with Crippen molar-refractivity contribution in [1.29, 1.82) is 0 Å². The van der Waals surface area contributed by atoms with E-state index in [0.29, 0.717) is 60.4 Å². The fourth-order valence-corrected chi connectivity index (χ4v) is 4.93. The largest absolute Gasteiger partial charge is 0.463 e. The summed E-state index contributed by atoms with van der Waals surface area (Å²) in [5.41, 5.74) is 1.13. The molecule has 5 heterocycles. The molecule has 2 bridgehead atoms. The highest BCUT2D eigenvalue weighted by Crippen LogP contribution is 2.38. The lowest BCUT2D eigenvalue weighted by molar-refractivity contribution is -0.144. The number of carbonyl (C=O) groups excluding carboxylic acids is 2. The first-order chi connectivity index (χ1) is 12.7. The lowest BCUT2D eigenvalue weighted by Gasteiger charge is -2.52. The number of aromatic nitrogens is 2. The van der Waals surface area contributed by atoms with E-state index in [2.05, 4.69) is 15.1 Å². The number of likely N-dealkylation sites (tertiary alicyclic amines) is 1. The number of furan rings is 1. The molecule has 1 N–H and O–H groups in total. The van der Waals surface area contributed by atoms with Crippen molar-refractivity contribution in [2.24, 2.45) is 11.8 Å². The van der Waals surface area contributed by atoms with Gasteiger partial charge in [0, 0.05) is 38.2 Å². The lowest BCUT2D eigenvalue weighted by atomic mass is 9.76. The highest BCUT2D eigenvalue weighted by Gasteiger charge is 2.45. The molecule has 2 aromatic heterocycles. The van der Waals surface area contributed by atoms with E-state index in [1.165, 1.54) is 0 Å². The van der Waals surface area contributed by atoms with Crippen LogP contribution in [0.3, 0.4) is 0 Å². The second kappa shape index (κ2) is 6.00. The number of nitrogens with zero attached hydrogens (tertiary/aromatic N) is 3. The monoisotopic (exact) mass is 354 g/mol. The number of piperidine rings is 3. The fraction of sp³-hybridized carbons (Fsp3) is 0.526. The summed E-state index contributed by atoms with van der Waals surface area (Å²) in [7, 11) is 0. The molecular formula is C19H22N4O3. The van der Waals surface area contributed by atoms with Crippen molar-refractivity contribution in [2.75, 3.05) is 19.6 Å². The zero-order valence-electron chi connectivity index (χ0n) is 14.6. The molecule has 2 amide bonds. The summed E-state index contributed by atoms with van der Waals surface area (Å²) >= 11 is 0. The number of rotatable bonds is 2. The number of hydrogen-bond donors (Lipinski definition) is 1. The molecule has 136 valence electrons. The molecule has 0 saturated carbocycles. The minimum atomic E-state index is -0.0376. The zero-order valence-corrected chi connectivity index (χ0v) is 14.6. The van der Waals surface area contributed by atoms with Crippen molar-refractivity contribution in [1.82, 2.24) is 20.0 Å². The average molecular weight is 354 g/mol. The molecule has 3 fully saturated rings. The molecule has 7 heteroatoms. The summed E-state index contributed by atoms with van der Waals surface area (Å²) in [4.78, 5) is 29.2. The van der Waals surface area contributed by atoms with Crippen LogP contribution in [-0.2, 0) is 4.79 Å². The predicted octanol–water partition coefficient (Wildman–Crippen LogP) is 2.14. The van der Waals surface area contributed by atoms with Crippen molar-refractivity contribution in [3.63, 3.8) is 0 Å². The Morgan fingerprint density at radius 2 is 2.23 bits per heavy atom. The van der Waals surface area contributed by atoms with Crippen molar-refractivity contribution >= 4 is 11.8 Å². The van der Waals surface area contributed by atoms with E-state index in [0.717, 1.165) is 25.8 Å². The number of carbonyl (C=O) groups is 2. The molecule has 0 aromatic carbocycles. The number of fused-ring (bicyclic) bond motifs is 4. The van der Waals surface area contributed by atoms with Crippen molar-refractivity contribution in [3.05, 3.63) is 30.2 Å². The Morgan fingerprint density at radius 3 is 3.08 bits per heavy atom. The highest BCUT2D eigenvalue weighted by molar-refractivity contribution is 5.93. The molecule has 0 aliphatic carbocycles. The molecule has 3 atom stereocenters. The molecule has 0 radical (unpaired) electrons. The van der Waals surface area contributed by atoms with E-state index < -0.39 is 0 Å². The van der Waals surface area contributed by atoms with Crippen LogP contribution in [0.2, 0.25) is 0 Å². The second-order valence-electron chi connectivity index (χ2n) is 7.72. The first-order valence-corrected chi connectivity index (χ1v) is 9.37. The van der Waals surface area contributed by atoms with Crippen LogP contribution in [0.15, 0.2) is 28.9 Å². The summed E-state index contributed by atoms with van der Waals surface area (Å²) in [5, 5.41) is 7.08. The number of aromatic amines is 1. The van der Waals surface area contributed by atoms with E-state index in [4.69, 9.17) is 4.42 Å². The summed E-state index contributed by atoms with van der Waals surface area (Å²) < 4.78 is 5.35. The number of hydrogen-bond acceptors (Lipinski definition) is 4. The van der Waals surface area contributed by atoms with Crippen molar-refractivity contribution < 1.29 is 14.0 Å². The van der Waals surface area contributed by atoms with E-state index in [1.807, 2.05) is 11.0 Å². The molecule has 2 aromatic rings. The molecule has 7 nitrogen and oxygen atoms in total. The Labute approximate surface area is 151 Å². The maximum Gasteiger partial charge on any atom is 0.274 e. The van der Waals surface area contributed by atoms with Gasteiger partial charge in [-0.25, -0.2) is 0 Å². The van der Waals surface area contributed by atoms with Gasteiger partial charge in [0.2, 0.25) is 5.91 Å². The summed E-state index contributed by atoms with van der Waals surface area (Å²) in [6, 6.07) is 5.70. The molecule has 5 rings (SSSR count). The number of H-pyrrole nitrogens is 1. The smallest absolute Gasteiger partial charge is 0.274 e. The quantitative estimate of drug-likeness (QED) is 0.896. The SMILES string of the molecule is O=C(c1cc(-c2ccco2)[nH]n1)N1CC2CC(C1)C1CCCC(=O)N1C2. The van der Waals surface area contributed by atoms with Gasteiger partial charge < -0.3 is 14.2 Å². The summed E-state index contributed by atoms with van der Waals surface area (Å²) in [5.74, 6) is 1.69. The molecule has 3 aliphatic rings. The maximum absolute atomic E-state index is 13.0. The summed E-state index contributed by atoms with van der Waals surface area (Å²) in [6.45, 7) is 2.21. The standard InChI is InChI=1S/C19H22N4O3/c24-18-5-1-3-16-13-7-12(10-23(16)18)9-22(11-13)19(25)15-8-14(20-21-15)17-4-2-6-26-17/h2,4,6,8,12-13,16H,1,3,5,7,9-11H2,(H,20,21). The van der Waals surface area contributed by atoms with Gasteiger partial charge in [0.15, 0.2) is 11.5 Å². The minimum Gasteiger partial charge on any atom is -0.463 e. The Hall–Kier alpha value is -2.57. The van der Waals surface area contributed by atoms with Gasteiger partial charge in [0.25, 0.3) is 5.91 Å². The van der Waals surface area contributed by atoms with E-state index >= 15 is 0 Å². The predicted molar refractivity (Wildman–Crippen MR) is 93.1 cm³/mol. The zero-order chi connectivity index (χ0) is 17.7. The Bertz CT molecular complexity index is 828. The van der Waals surface area contributed by atoms with Gasteiger partial charge in [-0.1, -0.05) is 0 Å². The summed E-state index contributed by atoms with van der Waals surface area (Å²) in [6.07, 6.45) is 5.44. The third-order valence-corrected chi connectivity index (χ3v) is 6.05. The van der Waals surface area contributed by atoms with E-state index in [-0.39, 0.29) is 5.91 Å². The molecule has 3 aliphatic heterocycles. The molecule has 0 spiro atoms. The van der Waals surface area contributed by atoms with E-state index in [9.17, 15) is 9.59 Å². The van der Waals surface area contributed by atoms with Crippen molar-refractivity contribution in [2.45, 2.75) is 31.7 Å². The van der Waals surface area contributed by atoms with Crippen LogP contribution in [0.1, 0.15) is 36.2 Å². The van der Waals surface area contributed by atoms with Gasteiger partial charge in [-0.15, -0.1) is 0 Å². The normalized spacial score (nSPS) is 28.2. The second-order valence-corrected chi connectivity index (χ2v) is 7.72. The molecule has 3 unspecified atom stereocenters. The topological polar surface area (TPSA) is 82.4 Å². The van der Waals surface area contributed by atoms with Crippen LogP contribution in [0.25, 0.3) is 11.5 Å². The van der Waals surface area contributed by atoms with Crippen LogP contribution in [0.5, 0.6) is 0 Å². The fourth-order valence-electron chi connectivity index (χ4n) is 4.93. The third kappa shape index (κ3) is 2.53. The minimum absolute atomic E-state index is 0.0376. The Kier molecular flexibility index (Phi) is 3.62. The number of amides is 2. The van der Waals surface area contributed by atoms with E-state index in [1.54, 1.807) is 18.4 Å². The van der Waals surface area contributed by atoms with Crippen LogP contribution in [0.4, 0.5) is 0 Å². The molecule has 26 heavy (non-hydrogen) atoms. The maximum atomic E-state index is 13.0. The van der Waals surface area contributed by atoms with Gasteiger partial charge >= 0.3 is 0 Å². The van der Waals surface area contributed by atoms with Crippen LogP contribution in [0, 0.1) is 11.8 Å². The van der Waals surface area contributed by atoms with Crippen LogP contribution >= 0.6 is 0 Å². The van der Waals surface area contributed by atoms with Gasteiger partial charge in [0.1, 0.15) is 5.69 Å². The average Bonchev–Trinajstić information content (AvgIpc) is 3.33. The Morgan fingerprint density at radius 1 is 1.31 bits per heavy atom.